The molecule has 0 saturated heterocycles. The Morgan fingerprint density at radius 3 is 2.55 bits per heavy atom. The van der Waals surface area contributed by atoms with Crippen molar-refractivity contribution in [2.45, 2.75) is 19.0 Å². The van der Waals surface area contributed by atoms with E-state index in [1.54, 1.807) is 19.0 Å². The van der Waals surface area contributed by atoms with Crippen LogP contribution in [0, 0.1) is 0 Å². The van der Waals surface area contributed by atoms with Crippen LogP contribution in [0.4, 0.5) is 11.6 Å². The van der Waals surface area contributed by atoms with Crippen molar-refractivity contribution in [1.82, 2.24) is 14.9 Å². The van der Waals surface area contributed by atoms with Gasteiger partial charge in [0.1, 0.15) is 11.6 Å². The number of hydrogen-bond donors (Lipinski definition) is 1. The summed E-state index contributed by atoms with van der Waals surface area (Å²) >= 11 is 1.49. The van der Waals surface area contributed by atoms with Crippen LogP contribution < -0.4 is 10.2 Å². The van der Waals surface area contributed by atoms with Crippen molar-refractivity contribution in [2.75, 3.05) is 50.2 Å². The van der Waals surface area contributed by atoms with E-state index in [0.29, 0.717) is 11.7 Å². The zero-order chi connectivity index (χ0) is 15.1. The molecule has 0 saturated carbocycles. The molecule has 1 rings (SSSR count). The van der Waals surface area contributed by atoms with Gasteiger partial charge in [-0.1, -0.05) is 11.8 Å². The van der Waals surface area contributed by atoms with Crippen LogP contribution in [0.25, 0.3) is 0 Å². The van der Waals surface area contributed by atoms with Crippen molar-refractivity contribution < 1.29 is 4.79 Å². The van der Waals surface area contributed by atoms with Crippen LogP contribution in [0.1, 0.15) is 13.8 Å². The van der Waals surface area contributed by atoms with Gasteiger partial charge in [-0.05, 0) is 20.1 Å². The van der Waals surface area contributed by atoms with Gasteiger partial charge in [0.05, 0.1) is 6.54 Å². The molecule has 0 unspecified atom stereocenters. The number of amides is 1. The summed E-state index contributed by atoms with van der Waals surface area (Å²) in [6, 6.07) is 1.88. The number of carbonyl (C=O) groups is 1. The third-order valence-corrected chi connectivity index (χ3v) is 3.31. The van der Waals surface area contributed by atoms with Crippen molar-refractivity contribution in [3.8, 4) is 0 Å². The van der Waals surface area contributed by atoms with Gasteiger partial charge in [-0.2, -0.15) is 0 Å². The lowest BCUT2D eigenvalue weighted by atomic mass is 10.4. The van der Waals surface area contributed by atoms with Crippen LogP contribution in [0.2, 0.25) is 0 Å². The lowest BCUT2D eigenvalue weighted by Crippen LogP contribution is -2.37. The Morgan fingerprint density at radius 2 is 2.05 bits per heavy atom. The minimum absolute atomic E-state index is 0.0566. The molecule has 112 valence electrons. The highest BCUT2D eigenvalue weighted by Crippen LogP contribution is 2.20. The normalized spacial score (nSPS) is 10.2. The van der Waals surface area contributed by atoms with Crippen LogP contribution in [-0.4, -0.2) is 60.8 Å². The molecule has 0 aromatic carbocycles. The fourth-order valence-corrected chi connectivity index (χ4v) is 1.97. The minimum Gasteiger partial charge on any atom is -0.370 e. The Bertz CT molecular complexity index is 452. The van der Waals surface area contributed by atoms with Gasteiger partial charge >= 0.3 is 0 Å². The summed E-state index contributed by atoms with van der Waals surface area (Å²) in [5, 5.41) is 3.89. The summed E-state index contributed by atoms with van der Waals surface area (Å²) in [4.78, 5) is 24.3. The molecule has 0 bridgehead atoms. The van der Waals surface area contributed by atoms with Crippen LogP contribution in [0.5, 0.6) is 0 Å². The molecule has 0 fully saturated rings. The smallest absolute Gasteiger partial charge is 0.241 e. The molecule has 1 aromatic heterocycles. The highest BCUT2D eigenvalue weighted by molar-refractivity contribution is 7.98. The summed E-state index contributed by atoms with van der Waals surface area (Å²) in [7, 11) is 3.51. The molecule has 20 heavy (non-hydrogen) atoms. The molecular formula is C13H23N5OS. The predicted molar refractivity (Wildman–Crippen MR) is 84.6 cm³/mol. The van der Waals surface area contributed by atoms with E-state index < -0.39 is 0 Å². The Kier molecular flexibility index (Phi) is 6.57. The van der Waals surface area contributed by atoms with Gasteiger partial charge in [0.25, 0.3) is 0 Å². The van der Waals surface area contributed by atoms with Crippen LogP contribution in [0.3, 0.4) is 0 Å². The van der Waals surface area contributed by atoms with Gasteiger partial charge < -0.3 is 15.1 Å². The summed E-state index contributed by atoms with van der Waals surface area (Å²) < 4.78 is 0. The third-order valence-electron chi connectivity index (χ3n) is 2.76. The number of thioether (sulfide) groups is 1. The first-order valence-electron chi connectivity index (χ1n) is 6.63. The summed E-state index contributed by atoms with van der Waals surface area (Å²) in [5.41, 5.74) is 0. The fraction of sp³-hybridized carbons (Fsp3) is 0.615. The Labute approximate surface area is 125 Å². The molecular weight excluding hydrogens is 274 g/mol. The Balaban J connectivity index is 3.01. The second kappa shape index (κ2) is 7.94. The maximum atomic E-state index is 11.9. The van der Waals surface area contributed by atoms with Crippen LogP contribution in [0.15, 0.2) is 11.2 Å². The number of rotatable bonds is 7. The zero-order valence-electron chi connectivity index (χ0n) is 12.8. The minimum atomic E-state index is 0.0566. The lowest BCUT2D eigenvalue weighted by Gasteiger charge is -2.23. The van der Waals surface area contributed by atoms with E-state index in [1.807, 2.05) is 31.1 Å². The standard InChI is InChI=1S/C13H23N5OS/c1-6-14-10-8-11(16-13(15-10)20-5)18(7-2)9-12(19)17(3)4/h8H,6-7,9H2,1-5H3,(H,14,15,16). The fourth-order valence-electron chi connectivity index (χ4n) is 1.60. The number of likely N-dealkylation sites (N-methyl/N-ethyl adjacent to an activating group) is 2. The average Bonchev–Trinajstić information content (AvgIpc) is 2.44. The average molecular weight is 297 g/mol. The molecule has 1 N–H and O–H groups in total. The molecule has 1 amide bonds. The molecule has 6 nitrogen and oxygen atoms in total. The number of anilines is 2. The van der Waals surface area contributed by atoms with Gasteiger partial charge in [0.15, 0.2) is 5.16 Å². The molecule has 0 aliphatic rings. The van der Waals surface area contributed by atoms with Gasteiger partial charge in [-0.3, -0.25) is 4.79 Å². The Hall–Kier alpha value is -1.50. The largest absolute Gasteiger partial charge is 0.370 e. The predicted octanol–water partition coefficient (Wildman–Crippen LogP) is 1.54. The molecule has 0 spiro atoms. The first-order valence-corrected chi connectivity index (χ1v) is 7.86. The van der Waals surface area contributed by atoms with E-state index in [2.05, 4.69) is 15.3 Å². The summed E-state index contributed by atoms with van der Waals surface area (Å²) in [6.45, 7) is 5.87. The molecule has 1 aromatic rings. The van der Waals surface area contributed by atoms with E-state index >= 15 is 0 Å². The van der Waals surface area contributed by atoms with E-state index in [1.165, 1.54) is 11.8 Å². The summed E-state index contributed by atoms with van der Waals surface area (Å²) in [5.74, 6) is 1.62. The van der Waals surface area contributed by atoms with Crippen molar-refractivity contribution in [3.05, 3.63) is 6.07 Å². The SMILES string of the molecule is CCNc1cc(N(CC)CC(=O)N(C)C)nc(SC)n1. The van der Waals surface area contributed by atoms with E-state index in [-0.39, 0.29) is 5.91 Å². The number of aromatic nitrogens is 2. The quantitative estimate of drug-likeness (QED) is 0.608. The monoisotopic (exact) mass is 297 g/mol. The zero-order valence-corrected chi connectivity index (χ0v) is 13.6. The number of hydrogen-bond acceptors (Lipinski definition) is 6. The number of nitrogens with one attached hydrogen (secondary N) is 1. The van der Waals surface area contributed by atoms with Gasteiger partial charge in [0.2, 0.25) is 5.91 Å². The molecule has 0 aliphatic heterocycles. The van der Waals surface area contributed by atoms with Gasteiger partial charge in [0, 0.05) is 33.3 Å². The molecule has 0 atom stereocenters. The highest BCUT2D eigenvalue weighted by atomic mass is 32.2. The van der Waals surface area contributed by atoms with Crippen molar-refractivity contribution in [3.63, 3.8) is 0 Å². The molecule has 1 heterocycles. The van der Waals surface area contributed by atoms with Crippen LogP contribution >= 0.6 is 11.8 Å². The van der Waals surface area contributed by atoms with E-state index in [0.717, 1.165) is 24.7 Å². The van der Waals surface area contributed by atoms with E-state index in [9.17, 15) is 4.79 Å². The van der Waals surface area contributed by atoms with Crippen molar-refractivity contribution >= 4 is 29.3 Å². The molecule has 0 radical (unpaired) electrons. The van der Waals surface area contributed by atoms with Crippen molar-refractivity contribution in [2.24, 2.45) is 0 Å². The molecule has 7 heteroatoms. The first kappa shape index (κ1) is 16.6. The second-order valence-corrected chi connectivity index (χ2v) is 5.20. The lowest BCUT2D eigenvalue weighted by molar-refractivity contribution is -0.127. The topological polar surface area (TPSA) is 61.4 Å². The number of carbonyl (C=O) groups excluding carboxylic acids is 1. The van der Waals surface area contributed by atoms with Gasteiger partial charge in [-0.15, -0.1) is 0 Å². The number of nitrogens with zero attached hydrogens (tertiary/aromatic N) is 4. The third kappa shape index (κ3) is 4.56. The van der Waals surface area contributed by atoms with E-state index in [4.69, 9.17) is 0 Å². The maximum absolute atomic E-state index is 11.9. The second-order valence-electron chi connectivity index (χ2n) is 4.43. The van der Waals surface area contributed by atoms with Gasteiger partial charge in [-0.25, -0.2) is 9.97 Å². The van der Waals surface area contributed by atoms with Crippen molar-refractivity contribution in [1.29, 1.82) is 0 Å². The van der Waals surface area contributed by atoms with Crippen LogP contribution in [-0.2, 0) is 4.79 Å². The maximum Gasteiger partial charge on any atom is 0.241 e. The Morgan fingerprint density at radius 1 is 1.35 bits per heavy atom. The summed E-state index contributed by atoms with van der Waals surface area (Å²) in [6.07, 6.45) is 1.94. The molecule has 0 aliphatic carbocycles. The first-order chi connectivity index (χ1) is 9.51. The highest BCUT2D eigenvalue weighted by Gasteiger charge is 2.14.